The average Bonchev–Trinajstić information content (AvgIpc) is 2.09. The molecule has 0 aromatic carbocycles. The summed E-state index contributed by atoms with van der Waals surface area (Å²) in [4.78, 5) is 13.4. The van der Waals surface area contributed by atoms with Gasteiger partial charge in [-0.1, -0.05) is 12.8 Å². The van der Waals surface area contributed by atoms with Crippen molar-refractivity contribution < 1.29 is 4.79 Å². The Morgan fingerprint density at radius 3 is 2.69 bits per heavy atom. The van der Waals surface area contributed by atoms with Crippen molar-refractivity contribution in [2.24, 2.45) is 5.92 Å². The van der Waals surface area contributed by atoms with Crippen LogP contribution in [0.2, 0.25) is 0 Å². The summed E-state index contributed by atoms with van der Waals surface area (Å²) >= 11 is 0. The Morgan fingerprint density at radius 1 is 1.38 bits per heavy atom. The largest absolute Gasteiger partial charge is 0.329 e. The highest BCUT2D eigenvalue weighted by Gasteiger charge is 2.25. The summed E-state index contributed by atoms with van der Waals surface area (Å²) in [5.74, 6) is 5.87. The van der Waals surface area contributed by atoms with E-state index in [4.69, 9.17) is 0 Å². The van der Waals surface area contributed by atoms with E-state index in [-0.39, 0.29) is 5.91 Å². The van der Waals surface area contributed by atoms with Crippen molar-refractivity contribution >= 4 is 5.91 Å². The van der Waals surface area contributed by atoms with Gasteiger partial charge in [0.15, 0.2) is 0 Å². The zero-order chi connectivity index (χ0) is 9.84. The second kappa shape index (κ2) is 4.32. The van der Waals surface area contributed by atoms with Gasteiger partial charge in [0, 0.05) is 12.6 Å². The van der Waals surface area contributed by atoms with Crippen LogP contribution in [0.25, 0.3) is 0 Å². The van der Waals surface area contributed by atoms with Gasteiger partial charge in [-0.05, 0) is 38.5 Å². The van der Waals surface area contributed by atoms with E-state index < -0.39 is 0 Å². The minimum Gasteiger partial charge on any atom is -0.329 e. The van der Waals surface area contributed by atoms with Crippen LogP contribution in [0.15, 0.2) is 0 Å². The molecule has 1 aliphatic heterocycles. The molecule has 1 rings (SSSR count). The van der Waals surface area contributed by atoms with E-state index in [0.717, 1.165) is 13.0 Å². The quantitative estimate of drug-likeness (QED) is 0.518. The highest BCUT2D eigenvalue weighted by Crippen LogP contribution is 2.20. The first-order valence-electron chi connectivity index (χ1n) is 4.88. The maximum Gasteiger partial charge on any atom is 0.298 e. The van der Waals surface area contributed by atoms with Crippen LogP contribution in [0.3, 0.4) is 0 Å². The minimum absolute atomic E-state index is 0.0125. The molecule has 2 nitrogen and oxygen atoms in total. The predicted molar refractivity (Wildman–Crippen MR) is 53.0 cm³/mol. The molecule has 1 amide bonds. The number of amides is 1. The van der Waals surface area contributed by atoms with Gasteiger partial charge in [-0.2, -0.15) is 0 Å². The summed E-state index contributed by atoms with van der Waals surface area (Å²) < 4.78 is 0. The molecule has 0 N–H and O–H groups in total. The molecule has 0 aliphatic carbocycles. The van der Waals surface area contributed by atoms with Crippen LogP contribution in [0.1, 0.15) is 33.6 Å². The molecule has 0 spiro atoms. The fraction of sp³-hybridized carbons (Fsp3) is 0.727. The second-order valence-electron chi connectivity index (χ2n) is 3.86. The van der Waals surface area contributed by atoms with Crippen molar-refractivity contribution in [3.8, 4) is 11.8 Å². The van der Waals surface area contributed by atoms with Gasteiger partial charge >= 0.3 is 0 Å². The Bertz CT molecular complexity index is 249. The normalized spacial score (nSPS) is 27.8. The fourth-order valence-electron chi connectivity index (χ4n) is 1.75. The van der Waals surface area contributed by atoms with Gasteiger partial charge in [0.2, 0.25) is 0 Å². The van der Waals surface area contributed by atoms with Crippen LogP contribution in [0.4, 0.5) is 0 Å². The molecule has 0 aromatic heterocycles. The monoisotopic (exact) mass is 179 g/mol. The molecule has 0 unspecified atom stereocenters. The molecule has 1 heterocycles. The van der Waals surface area contributed by atoms with Crippen molar-refractivity contribution in [1.82, 2.24) is 4.90 Å². The fourth-order valence-corrected chi connectivity index (χ4v) is 1.75. The zero-order valence-electron chi connectivity index (χ0n) is 8.63. The lowest BCUT2D eigenvalue weighted by Crippen LogP contribution is -2.44. The molecular formula is C11H17NO. The molecule has 72 valence electrons. The van der Waals surface area contributed by atoms with E-state index in [9.17, 15) is 4.79 Å². The topological polar surface area (TPSA) is 20.3 Å². The Labute approximate surface area is 80.3 Å². The molecule has 1 saturated heterocycles. The van der Waals surface area contributed by atoms with Gasteiger partial charge in [-0.25, -0.2) is 0 Å². The number of likely N-dealkylation sites (tertiary alicyclic amines) is 1. The summed E-state index contributed by atoms with van der Waals surface area (Å²) in [7, 11) is 0. The molecule has 2 atom stereocenters. The summed E-state index contributed by atoms with van der Waals surface area (Å²) in [5.41, 5.74) is 0. The molecule has 1 fully saturated rings. The van der Waals surface area contributed by atoms with E-state index in [0.29, 0.717) is 12.0 Å². The highest BCUT2D eigenvalue weighted by atomic mass is 16.2. The third kappa shape index (κ3) is 2.48. The minimum atomic E-state index is -0.0125. The van der Waals surface area contributed by atoms with Gasteiger partial charge in [-0.15, -0.1) is 0 Å². The maximum absolute atomic E-state index is 11.5. The van der Waals surface area contributed by atoms with Gasteiger partial charge in [-0.3, -0.25) is 4.79 Å². The lowest BCUT2D eigenvalue weighted by molar-refractivity contribution is -0.129. The highest BCUT2D eigenvalue weighted by molar-refractivity contribution is 5.93. The smallest absolute Gasteiger partial charge is 0.298 e. The number of hydrogen-bond acceptors (Lipinski definition) is 1. The van der Waals surface area contributed by atoms with Gasteiger partial charge in [0.05, 0.1) is 0 Å². The van der Waals surface area contributed by atoms with Crippen molar-refractivity contribution in [2.75, 3.05) is 6.54 Å². The van der Waals surface area contributed by atoms with E-state index in [1.54, 1.807) is 6.92 Å². The Kier molecular flexibility index (Phi) is 3.36. The molecule has 1 aliphatic rings. The SMILES string of the molecule is CC#CC(=O)N1C[C@@H](C)CC[C@H]1C. The first-order chi connectivity index (χ1) is 6.15. The van der Waals surface area contributed by atoms with Crippen LogP contribution in [-0.4, -0.2) is 23.4 Å². The molecule has 0 aromatic rings. The number of carbonyl (C=O) groups excluding carboxylic acids is 1. The van der Waals surface area contributed by atoms with E-state index >= 15 is 0 Å². The third-order valence-corrected chi connectivity index (χ3v) is 2.61. The lowest BCUT2D eigenvalue weighted by atomic mass is 9.95. The number of piperidine rings is 1. The summed E-state index contributed by atoms with van der Waals surface area (Å²) in [6, 6.07) is 0.365. The predicted octanol–water partition coefficient (Wildman–Crippen LogP) is 1.66. The average molecular weight is 179 g/mol. The lowest BCUT2D eigenvalue weighted by Gasteiger charge is -2.35. The van der Waals surface area contributed by atoms with Crippen LogP contribution in [-0.2, 0) is 4.79 Å². The summed E-state index contributed by atoms with van der Waals surface area (Å²) in [6.45, 7) is 6.86. The molecule has 0 saturated carbocycles. The van der Waals surface area contributed by atoms with Gasteiger partial charge < -0.3 is 4.90 Å². The Morgan fingerprint density at radius 2 is 2.08 bits per heavy atom. The zero-order valence-corrected chi connectivity index (χ0v) is 8.63. The van der Waals surface area contributed by atoms with Crippen molar-refractivity contribution in [3.05, 3.63) is 0 Å². The number of carbonyl (C=O) groups is 1. The molecular weight excluding hydrogens is 162 g/mol. The standard InChI is InChI=1S/C11H17NO/c1-4-5-11(13)12-8-9(2)6-7-10(12)3/h9-10H,6-8H2,1-3H3/t9-,10+/m0/s1. The van der Waals surface area contributed by atoms with Crippen LogP contribution in [0.5, 0.6) is 0 Å². The summed E-state index contributed by atoms with van der Waals surface area (Å²) in [6.07, 6.45) is 2.34. The van der Waals surface area contributed by atoms with Crippen molar-refractivity contribution in [3.63, 3.8) is 0 Å². The van der Waals surface area contributed by atoms with Crippen LogP contribution >= 0.6 is 0 Å². The van der Waals surface area contributed by atoms with Crippen LogP contribution in [0, 0.1) is 17.8 Å². The van der Waals surface area contributed by atoms with E-state index in [1.165, 1.54) is 6.42 Å². The Balaban J connectivity index is 2.63. The van der Waals surface area contributed by atoms with E-state index in [1.807, 2.05) is 4.90 Å². The number of hydrogen-bond donors (Lipinski definition) is 0. The first kappa shape index (κ1) is 10.1. The molecule has 2 heteroatoms. The van der Waals surface area contributed by atoms with Crippen LogP contribution < -0.4 is 0 Å². The number of rotatable bonds is 0. The van der Waals surface area contributed by atoms with Gasteiger partial charge in [0.1, 0.15) is 0 Å². The maximum atomic E-state index is 11.5. The van der Waals surface area contributed by atoms with E-state index in [2.05, 4.69) is 25.7 Å². The molecule has 13 heavy (non-hydrogen) atoms. The third-order valence-electron chi connectivity index (χ3n) is 2.61. The molecule has 0 radical (unpaired) electrons. The van der Waals surface area contributed by atoms with Gasteiger partial charge in [0.25, 0.3) is 5.91 Å². The summed E-state index contributed by atoms with van der Waals surface area (Å²) in [5, 5.41) is 0. The van der Waals surface area contributed by atoms with Crippen molar-refractivity contribution in [1.29, 1.82) is 0 Å². The Hall–Kier alpha value is -0.970. The second-order valence-corrected chi connectivity index (χ2v) is 3.86. The first-order valence-corrected chi connectivity index (χ1v) is 4.88. The number of nitrogens with zero attached hydrogens (tertiary/aromatic N) is 1. The molecule has 0 bridgehead atoms. The van der Waals surface area contributed by atoms with Crippen molar-refractivity contribution in [2.45, 2.75) is 39.7 Å².